The second kappa shape index (κ2) is 3.84. The Balaban J connectivity index is 1.78. The van der Waals surface area contributed by atoms with Crippen LogP contribution in [0.3, 0.4) is 0 Å². The average Bonchev–Trinajstić information content (AvgIpc) is 2.99. The molecule has 2 saturated heterocycles. The van der Waals surface area contributed by atoms with E-state index >= 15 is 0 Å². The van der Waals surface area contributed by atoms with Gasteiger partial charge in [0.2, 0.25) is 0 Å². The van der Waals surface area contributed by atoms with E-state index in [1.165, 1.54) is 0 Å². The number of epoxide rings is 2. The van der Waals surface area contributed by atoms with Crippen molar-refractivity contribution in [3.63, 3.8) is 0 Å². The molecule has 0 radical (unpaired) electrons. The lowest BCUT2D eigenvalue weighted by Gasteiger charge is -2.20. The minimum absolute atomic E-state index is 0.0274. The molecule has 2 heterocycles. The zero-order valence-electron chi connectivity index (χ0n) is 7.10. The Hall–Kier alpha value is -0.280. The van der Waals surface area contributed by atoms with E-state index in [1.807, 2.05) is 0 Å². The molecule has 0 aliphatic carbocycles. The average molecular weight is 190 g/mol. The highest BCUT2D eigenvalue weighted by molar-refractivity contribution is 4.82. The topological polar surface area (TPSA) is 110 Å². The van der Waals surface area contributed by atoms with Crippen LogP contribution in [0.4, 0.5) is 0 Å². The Labute approximate surface area is 75.6 Å². The fourth-order valence-electron chi connectivity index (χ4n) is 1.09. The van der Waals surface area contributed by atoms with E-state index in [0.717, 1.165) is 0 Å². The number of hydrogen-bond donors (Lipinski definition) is 4. The Morgan fingerprint density at radius 1 is 1.08 bits per heavy atom. The highest BCUT2D eigenvalue weighted by Crippen LogP contribution is 2.20. The number of rotatable bonds is 6. The smallest absolute Gasteiger partial charge is 0.151 e. The summed E-state index contributed by atoms with van der Waals surface area (Å²) in [5.41, 5.74) is 5.03. The van der Waals surface area contributed by atoms with Crippen molar-refractivity contribution in [3.8, 4) is 0 Å². The van der Waals surface area contributed by atoms with Gasteiger partial charge in [0, 0.05) is 0 Å². The molecule has 6 N–H and O–H groups in total. The van der Waals surface area contributed by atoms with Gasteiger partial charge in [-0.2, -0.15) is 0 Å². The zero-order chi connectivity index (χ0) is 9.26. The first-order valence-corrected chi connectivity index (χ1v) is 4.16. The third-order valence-electron chi connectivity index (χ3n) is 2.02. The van der Waals surface area contributed by atoms with Gasteiger partial charge in [0.05, 0.1) is 13.2 Å². The molecule has 13 heavy (non-hydrogen) atoms. The van der Waals surface area contributed by atoms with E-state index in [0.29, 0.717) is 13.2 Å². The predicted molar refractivity (Wildman–Crippen MR) is 42.8 cm³/mol. The lowest BCUT2D eigenvalue weighted by atomic mass is 10.4. The van der Waals surface area contributed by atoms with Crippen LogP contribution < -0.4 is 22.5 Å². The van der Waals surface area contributed by atoms with Crippen LogP contribution in [-0.4, -0.2) is 37.9 Å². The van der Waals surface area contributed by atoms with Gasteiger partial charge in [-0.15, -0.1) is 0 Å². The van der Waals surface area contributed by atoms with Gasteiger partial charge in [-0.1, -0.05) is 0 Å². The van der Waals surface area contributed by atoms with Crippen molar-refractivity contribution >= 4 is 0 Å². The molecule has 76 valence electrons. The largest absolute Gasteiger partial charge is 0.369 e. The minimum atomic E-state index is -0.328. The minimum Gasteiger partial charge on any atom is -0.369 e. The molecule has 7 heteroatoms. The molecule has 2 fully saturated rings. The molecule has 0 saturated carbocycles. The summed E-state index contributed by atoms with van der Waals surface area (Å²) in [6.45, 7) is 1.33. The quantitative estimate of drug-likeness (QED) is 0.157. The summed E-state index contributed by atoms with van der Waals surface area (Å²) in [5.74, 6) is 10.5. The molecular formula is C6H14N4O3. The molecule has 2 aliphatic rings. The molecule has 0 aromatic heterocycles. The second-order valence-corrected chi connectivity index (χ2v) is 3.05. The maximum atomic E-state index is 5.47. The summed E-state index contributed by atoms with van der Waals surface area (Å²) >= 11 is 0. The van der Waals surface area contributed by atoms with E-state index in [9.17, 15) is 0 Å². The van der Waals surface area contributed by atoms with Crippen LogP contribution in [0.1, 0.15) is 0 Å². The first kappa shape index (κ1) is 9.28. The van der Waals surface area contributed by atoms with Gasteiger partial charge < -0.3 is 14.2 Å². The third kappa shape index (κ3) is 2.35. The van der Waals surface area contributed by atoms with Gasteiger partial charge in [-0.05, 0) is 0 Å². The maximum Gasteiger partial charge on any atom is 0.151 e. The summed E-state index contributed by atoms with van der Waals surface area (Å²) in [7, 11) is 0. The standard InChI is InChI=1S/C6H14N4O3/c7-9-5(3-1-11-3)13-6(10-8)4-2-12-4/h3-6,9-10H,1-2,7-8H2. The lowest BCUT2D eigenvalue weighted by Crippen LogP contribution is -2.50. The van der Waals surface area contributed by atoms with Crippen molar-refractivity contribution in [2.75, 3.05) is 13.2 Å². The molecule has 2 rings (SSSR count). The van der Waals surface area contributed by atoms with Gasteiger partial charge in [0.25, 0.3) is 0 Å². The Morgan fingerprint density at radius 2 is 1.46 bits per heavy atom. The van der Waals surface area contributed by atoms with Crippen molar-refractivity contribution < 1.29 is 14.2 Å². The Kier molecular flexibility index (Phi) is 2.74. The van der Waals surface area contributed by atoms with Crippen LogP contribution in [0.5, 0.6) is 0 Å². The highest BCUT2D eigenvalue weighted by atomic mass is 16.6. The van der Waals surface area contributed by atoms with E-state index in [4.69, 9.17) is 25.9 Å². The molecule has 0 bridgehead atoms. The van der Waals surface area contributed by atoms with Crippen LogP contribution in [0.15, 0.2) is 0 Å². The molecule has 4 atom stereocenters. The highest BCUT2D eigenvalue weighted by Gasteiger charge is 2.39. The van der Waals surface area contributed by atoms with Gasteiger partial charge in [-0.3, -0.25) is 11.7 Å². The van der Waals surface area contributed by atoms with E-state index in [1.54, 1.807) is 0 Å². The van der Waals surface area contributed by atoms with E-state index < -0.39 is 0 Å². The first-order chi connectivity index (χ1) is 6.35. The van der Waals surface area contributed by atoms with Crippen molar-refractivity contribution in [3.05, 3.63) is 0 Å². The van der Waals surface area contributed by atoms with E-state index in [-0.39, 0.29) is 24.7 Å². The molecule has 7 nitrogen and oxygen atoms in total. The molecule has 0 spiro atoms. The van der Waals surface area contributed by atoms with Crippen LogP contribution in [0.2, 0.25) is 0 Å². The summed E-state index contributed by atoms with van der Waals surface area (Å²) in [6, 6.07) is 0. The molecule has 2 aliphatic heterocycles. The number of hydrogen-bond acceptors (Lipinski definition) is 7. The normalized spacial score (nSPS) is 35.5. The first-order valence-electron chi connectivity index (χ1n) is 4.16. The van der Waals surface area contributed by atoms with Gasteiger partial charge >= 0.3 is 0 Å². The van der Waals surface area contributed by atoms with Gasteiger partial charge in [0.15, 0.2) is 12.5 Å². The zero-order valence-corrected chi connectivity index (χ0v) is 7.10. The predicted octanol–water partition coefficient (Wildman–Crippen LogP) is -2.62. The fourth-order valence-corrected chi connectivity index (χ4v) is 1.09. The molecule has 0 amide bonds. The van der Waals surface area contributed by atoms with Gasteiger partial charge in [-0.25, -0.2) is 10.9 Å². The summed E-state index contributed by atoms with van der Waals surface area (Å²) in [4.78, 5) is 0. The monoisotopic (exact) mass is 190 g/mol. The molecule has 4 unspecified atom stereocenters. The van der Waals surface area contributed by atoms with Crippen molar-refractivity contribution in [1.29, 1.82) is 0 Å². The third-order valence-corrected chi connectivity index (χ3v) is 2.02. The molecule has 0 aromatic rings. The van der Waals surface area contributed by atoms with Crippen LogP contribution in [-0.2, 0) is 14.2 Å². The van der Waals surface area contributed by atoms with Gasteiger partial charge in [0.1, 0.15) is 12.2 Å². The van der Waals surface area contributed by atoms with Crippen molar-refractivity contribution in [2.24, 2.45) is 11.7 Å². The Morgan fingerprint density at radius 3 is 1.69 bits per heavy atom. The number of nitrogens with two attached hydrogens (primary N) is 2. The summed E-state index contributed by atoms with van der Waals surface area (Å²) < 4.78 is 15.5. The summed E-state index contributed by atoms with van der Waals surface area (Å²) in [5, 5.41) is 0. The SMILES string of the molecule is NNC(OC(NN)C1CO1)C1CO1. The van der Waals surface area contributed by atoms with Crippen LogP contribution in [0.25, 0.3) is 0 Å². The maximum absolute atomic E-state index is 5.47. The fraction of sp³-hybridized carbons (Fsp3) is 1.00. The van der Waals surface area contributed by atoms with Crippen molar-refractivity contribution in [1.82, 2.24) is 10.9 Å². The Bertz CT molecular complexity index is 155. The van der Waals surface area contributed by atoms with Crippen LogP contribution >= 0.6 is 0 Å². The number of nitrogens with one attached hydrogen (secondary N) is 2. The molecule has 0 aromatic carbocycles. The lowest BCUT2D eigenvalue weighted by molar-refractivity contribution is -0.0694. The molecular weight excluding hydrogens is 176 g/mol. The van der Waals surface area contributed by atoms with Crippen LogP contribution in [0, 0.1) is 0 Å². The summed E-state index contributed by atoms with van der Waals surface area (Å²) in [6.07, 6.45) is -0.602. The van der Waals surface area contributed by atoms with E-state index in [2.05, 4.69) is 10.9 Å². The number of ether oxygens (including phenoxy) is 3. The second-order valence-electron chi connectivity index (χ2n) is 3.05. The number of hydrazine groups is 2. The van der Waals surface area contributed by atoms with Crippen molar-refractivity contribution in [2.45, 2.75) is 24.7 Å².